The van der Waals surface area contributed by atoms with Crippen molar-refractivity contribution in [1.29, 1.82) is 0 Å². The van der Waals surface area contributed by atoms with E-state index in [0.717, 1.165) is 24.9 Å². The summed E-state index contributed by atoms with van der Waals surface area (Å²) in [6, 6.07) is 0. The van der Waals surface area contributed by atoms with E-state index in [1.807, 2.05) is 0 Å². The maximum atomic E-state index is 5.83. The standard InChI is InChI=1S/C12H24N2/c1-9(2)7-14-12(8-13)5-11(6-12)10(3)4/h10-11,14H,1,5-8,13H2,2-4H3. The summed E-state index contributed by atoms with van der Waals surface area (Å²) in [5.41, 5.74) is 7.23. The Kier molecular flexibility index (Phi) is 3.73. The topological polar surface area (TPSA) is 38.0 Å². The van der Waals surface area contributed by atoms with Crippen LogP contribution in [0.3, 0.4) is 0 Å². The molecule has 0 spiro atoms. The summed E-state index contributed by atoms with van der Waals surface area (Å²) in [6.45, 7) is 12.2. The van der Waals surface area contributed by atoms with E-state index in [4.69, 9.17) is 5.73 Å². The summed E-state index contributed by atoms with van der Waals surface area (Å²) in [6.07, 6.45) is 2.46. The molecular formula is C12H24N2. The largest absolute Gasteiger partial charge is 0.329 e. The molecule has 0 saturated heterocycles. The second-order valence-corrected chi connectivity index (χ2v) is 5.21. The van der Waals surface area contributed by atoms with Gasteiger partial charge in [-0.3, -0.25) is 0 Å². The van der Waals surface area contributed by atoms with Gasteiger partial charge in [0.2, 0.25) is 0 Å². The van der Waals surface area contributed by atoms with Crippen LogP contribution in [-0.4, -0.2) is 18.6 Å². The number of hydrogen-bond acceptors (Lipinski definition) is 2. The van der Waals surface area contributed by atoms with Crippen LogP contribution >= 0.6 is 0 Å². The summed E-state index contributed by atoms with van der Waals surface area (Å²) >= 11 is 0. The average molecular weight is 196 g/mol. The molecule has 2 nitrogen and oxygen atoms in total. The van der Waals surface area contributed by atoms with Gasteiger partial charge >= 0.3 is 0 Å². The van der Waals surface area contributed by atoms with Crippen LogP contribution < -0.4 is 11.1 Å². The van der Waals surface area contributed by atoms with Crippen molar-refractivity contribution in [2.24, 2.45) is 17.6 Å². The highest BCUT2D eigenvalue weighted by Crippen LogP contribution is 2.41. The molecule has 0 bridgehead atoms. The van der Waals surface area contributed by atoms with Gasteiger partial charge in [0.1, 0.15) is 0 Å². The molecule has 14 heavy (non-hydrogen) atoms. The van der Waals surface area contributed by atoms with E-state index in [0.29, 0.717) is 0 Å². The van der Waals surface area contributed by atoms with Gasteiger partial charge in [-0.2, -0.15) is 0 Å². The summed E-state index contributed by atoms with van der Waals surface area (Å²) in [5.74, 6) is 1.65. The lowest BCUT2D eigenvalue weighted by molar-refractivity contribution is 0.0797. The molecular weight excluding hydrogens is 172 g/mol. The van der Waals surface area contributed by atoms with Gasteiger partial charge in [0.15, 0.2) is 0 Å². The number of nitrogens with two attached hydrogens (primary N) is 1. The summed E-state index contributed by atoms with van der Waals surface area (Å²) < 4.78 is 0. The van der Waals surface area contributed by atoms with E-state index in [2.05, 4.69) is 32.7 Å². The summed E-state index contributed by atoms with van der Waals surface area (Å²) in [7, 11) is 0. The number of rotatable bonds is 5. The van der Waals surface area contributed by atoms with Crippen LogP contribution in [0, 0.1) is 11.8 Å². The highest BCUT2D eigenvalue weighted by atomic mass is 15.0. The van der Waals surface area contributed by atoms with Crippen molar-refractivity contribution in [3.63, 3.8) is 0 Å². The van der Waals surface area contributed by atoms with Crippen molar-refractivity contribution in [1.82, 2.24) is 5.32 Å². The van der Waals surface area contributed by atoms with Crippen LogP contribution in [-0.2, 0) is 0 Å². The normalized spacial score (nSPS) is 31.6. The molecule has 0 atom stereocenters. The van der Waals surface area contributed by atoms with E-state index in [1.165, 1.54) is 18.4 Å². The summed E-state index contributed by atoms with van der Waals surface area (Å²) in [5, 5.41) is 3.54. The van der Waals surface area contributed by atoms with Gasteiger partial charge in [0.25, 0.3) is 0 Å². The van der Waals surface area contributed by atoms with Crippen LogP contribution in [0.25, 0.3) is 0 Å². The van der Waals surface area contributed by atoms with Gasteiger partial charge in [-0.25, -0.2) is 0 Å². The monoisotopic (exact) mass is 196 g/mol. The van der Waals surface area contributed by atoms with Crippen LogP contribution in [0.5, 0.6) is 0 Å². The van der Waals surface area contributed by atoms with Gasteiger partial charge < -0.3 is 11.1 Å². The fourth-order valence-electron chi connectivity index (χ4n) is 2.14. The summed E-state index contributed by atoms with van der Waals surface area (Å²) in [4.78, 5) is 0. The maximum absolute atomic E-state index is 5.83. The molecule has 0 aliphatic heterocycles. The van der Waals surface area contributed by atoms with Crippen molar-refractivity contribution < 1.29 is 0 Å². The Morgan fingerprint density at radius 2 is 2.14 bits per heavy atom. The lowest BCUT2D eigenvalue weighted by Gasteiger charge is -2.50. The second-order valence-electron chi connectivity index (χ2n) is 5.21. The molecule has 0 unspecified atom stereocenters. The van der Waals surface area contributed by atoms with Crippen molar-refractivity contribution in [3.8, 4) is 0 Å². The zero-order valence-electron chi connectivity index (χ0n) is 9.77. The van der Waals surface area contributed by atoms with Crippen LogP contribution in [0.4, 0.5) is 0 Å². The Labute approximate surface area is 87.9 Å². The molecule has 1 aliphatic carbocycles. The highest BCUT2D eigenvalue weighted by Gasteiger charge is 2.43. The molecule has 3 N–H and O–H groups in total. The molecule has 0 amide bonds. The van der Waals surface area contributed by atoms with Crippen molar-refractivity contribution in [2.45, 2.75) is 39.2 Å². The predicted octanol–water partition coefficient (Wildman–Crippen LogP) is 1.92. The molecule has 0 heterocycles. The molecule has 1 rings (SSSR count). The van der Waals surface area contributed by atoms with E-state index >= 15 is 0 Å². The first-order valence-corrected chi connectivity index (χ1v) is 5.58. The van der Waals surface area contributed by atoms with Crippen LogP contribution in [0.1, 0.15) is 33.6 Å². The van der Waals surface area contributed by atoms with Gasteiger partial charge in [-0.1, -0.05) is 26.0 Å². The molecule has 2 heteroatoms. The third-order valence-electron chi connectivity index (χ3n) is 3.40. The molecule has 0 radical (unpaired) electrons. The Morgan fingerprint density at radius 3 is 2.50 bits per heavy atom. The molecule has 1 aliphatic rings. The van der Waals surface area contributed by atoms with Gasteiger partial charge in [-0.15, -0.1) is 0 Å². The van der Waals surface area contributed by atoms with E-state index in [-0.39, 0.29) is 5.54 Å². The number of hydrogen-bond donors (Lipinski definition) is 2. The maximum Gasteiger partial charge on any atom is 0.0312 e. The third kappa shape index (κ3) is 2.58. The van der Waals surface area contributed by atoms with Crippen molar-refractivity contribution in [2.75, 3.05) is 13.1 Å². The Morgan fingerprint density at radius 1 is 1.57 bits per heavy atom. The zero-order valence-corrected chi connectivity index (χ0v) is 9.77. The van der Waals surface area contributed by atoms with Gasteiger partial charge in [0.05, 0.1) is 0 Å². The first-order valence-electron chi connectivity index (χ1n) is 5.58. The van der Waals surface area contributed by atoms with Crippen LogP contribution in [0.2, 0.25) is 0 Å². The Balaban J connectivity index is 2.37. The first-order chi connectivity index (χ1) is 6.49. The van der Waals surface area contributed by atoms with E-state index in [1.54, 1.807) is 0 Å². The SMILES string of the molecule is C=C(C)CNC1(CN)CC(C(C)C)C1. The lowest BCUT2D eigenvalue weighted by Crippen LogP contribution is -2.61. The van der Waals surface area contributed by atoms with Crippen molar-refractivity contribution >= 4 is 0 Å². The van der Waals surface area contributed by atoms with E-state index < -0.39 is 0 Å². The molecule has 0 aromatic carbocycles. The van der Waals surface area contributed by atoms with Gasteiger partial charge in [0, 0.05) is 18.6 Å². The minimum atomic E-state index is 0.216. The lowest BCUT2D eigenvalue weighted by atomic mass is 9.64. The first kappa shape index (κ1) is 11.7. The quantitative estimate of drug-likeness (QED) is 0.659. The minimum absolute atomic E-state index is 0.216. The molecule has 0 aromatic rings. The van der Waals surface area contributed by atoms with Crippen LogP contribution in [0.15, 0.2) is 12.2 Å². The second kappa shape index (κ2) is 4.45. The smallest absolute Gasteiger partial charge is 0.0312 e. The molecule has 1 saturated carbocycles. The van der Waals surface area contributed by atoms with E-state index in [9.17, 15) is 0 Å². The van der Waals surface area contributed by atoms with Gasteiger partial charge in [-0.05, 0) is 31.6 Å². The highest BCUT2D eigenvalue weighted by molar-refractivity contribution is 5.05. The average Bonchev–Trinajstić information content (AvgIpc) is 2.02. The zero-order chi connectivity index (χ0) is 10.8. The Hall–Kier alpha value is -0.340. The number of nitrogens with one attached hydrogen (secondary N) is 1. The fraction of sp³-hybridized carbons (Fsp3) is 0.833. The predicted molar refractivity (Wildman–Crippen MR) is 62.2 cm³/mol. The molecule has 82 valence electrons. The minimum Gasteiger partial charge on any atom is -0.329 e. The fourth-order valence-corrected chi connectivity index (χ4v) is 2.14. The third-order valence-corrected chi connectivity index (χ3v) is 3.40. The van der Waals surface area contributed by atoms with Crippen molar-refractivity contribution in [3.05, 3.63) is 12.2 Å². The Bertz CT molecular complexity index is 202. The molecule has 0 aromatic heterocycles. The molecule has 1 fully saturated rings.